The topological polar surface area (TPSA) is 98.3 Å². The van der Waals surface area contributed by atoms with Crippen LogP contribution in [-0.2, 0) is 0 Å². The Kier molecular flexibility index (Phi) is 4.44. The van der Waals surface area contributed by atoms with Gasteiger partial charge in [-0.05, 0) is 30.3 Å². The van der Waals surface area contributed by atoms with Crippen molar-refractivity contribution in [3.63, 3.8) is 0 Å². The second-order valence-corrected chi connectivity index (χ2v) is 5.46. The van der Waals surface area contributed by atoms with Crippen molar-refractivity contribution in [2.75, 3.05) is 11.1 Å². The minimum Gasteiger partial charge on any atom is -0.398 e. The molecule has 0 radical (unpaired) electrons. The van der Waals surface area contributed by atoms with Crippen LogP contribution < -0.4 is 11.1 Å². The van der Waals surface area contributed by atoms with Crippen LogP contribution >= 0.6 is 27.5 Å². The summed E-state index contributed by atoms with van der Waals surface area (Å²) >= 11 is 9.03. The third-order valence-corrected chi connectivity index (χ3v) is 3.39. The first-order valence-corrected chi connectivity index (χ1v) is 6.86. The minimum atomic E-state index is -0.600. The highest BCUT2D eigenvalue weighted by atomic mass is 79.9. The van der Waals surface area contributed by atoms with Crippen molar-refractivity contribution in [2.45, 2.75) is 0 Å². The third kappa shape index (κ3) is 3.50. The molecule has 0 fully saturated rings. The number of carbonyl (C=O) groups is 1. The van der Waals surface area contributed by atoms with E-state index in [2.05, 4.69) is 21.2 Å². The van der Waals surface area contributed by atoms with E-state index in [0.29, 0.717) is 0 Å². The molecule has 2 aromatic rings. The third-order valence-electron chi connectivity index (χ3n) is 2.66. The molecule has 0 aliphatic carbocycles. The molecular formula is C13H9BrClN3O3. The van der Waals surface area contributed by atoms with Crippen LogP contribution in [0.15, 0.2) is 40.9 Å². The van der Waals surface area contributed by atoms with Crippen LogP contribution in [0.25, 0.3) is 0 Å². The average molecular weight is 371 g/mol. The number of nitrogens with two attached hydrogens (primary N) is 1. The molecule has 0 unspecified atom stereocenters. The zero-order chi connectivity index (χ0) is 15.6. The largest absolute Gasteiger partial charge is 0.398 e. The average Bonchev–Trinajstić information content (AvgIpc) is 2.37. The van der Waals surface area contributed by atoms with Crippen LogP contribution in [-0.4, -0.2) is 10.8 Å². The van der Waals surface area contributed by atoms with Crippen molar-refractivity contribution < 1.29 is 9.72 Å². The summed E-state index contributed by atoms with van der Waals surface area (Å²) in [5, 5.41) is 13.7. The van der Waals surface area contributed by atoms with Crippen LogP contribution in [0.4, 0.5) is 17.1 Å². The summed E-state index contributed by atoms with van der Waals surface area (Å²) in [6.07, 6.45) is 0. The molecule has 0 saturated heterocycles. The Hall–Kier alpha value is -2.12. The monoisotopic (exact) mass is 369 g/mol. The Balaban J connectivity index is 2.35. The molecule has 108 valence electrons. The smallest absolute Gasteiger partial charge is 0.292 e. The maximum atomic E-state index is 12.2. The van der Waals surface area contributed by atoms with E-state index in [1.54, 1.807) is 12.1 Å². The number of anilines is 2. The number of nitro benzene ring substituents is 1. The molecule has 2 aromatic carbocycles. The van der Waals surface area contributed by atoms with E-state index in [-0.39, 0.29) is 27.6 Å². The van der Waals surface area contributed by atoms with Crippen molar-refractivity contribution in [2.24, 2.45) is 0 Å². The standard InChI is InChI=1S/C13H9BrClN3O3/c14-7-1-3-9(10(16)5-7)13(19)17-11-6-8(15)2-4-12(11)18(20)21/h1-6H,16H2,(H,17,19). The fourth-order valence-electron chi connectivity index (χ4n) is 1.70. The first-order chi connectivity index (χ1) is 9.88. The van der Waals surface area contributed by atoms with Gasteiger partial charge in [0.25, 0.3) is 11.6 Å². The van der Waals surface area contributed by atoms with Crippen molar-refractivity contribution in [3.05, 3.63) is 61.6 Å². The molecule has 0 aliphatic rings. The lowest BCUT2D eigenvalue weighted by atomic mass is 10.1. The zero-order valence-electron chi connectivity index (χ0n) is 10.5. The summed E-state index contributed by atoms with van der Waals surface area (Å²) in [5.41, 5.74) is 5.99. The van der Waals surface area contributed by atoms with E-state index in [1.807, 2.05) is 0 Å². The first kappa shape index (κ1) is 15.3. The van der Waals surface area contributed by atoms with Gasteiger partial charge < -0.3 is 11.1 Å². The lowest BCUT2D eigenvalue weighted by Gasteiger charge is -2.08. The number of rotatable bonds is 3. The van der Waals surface area contributed by atoms with Gasteiger partial charge in [-0.1, -0.05) is 27.5 Å². The summed E-state index contributed by atoms with van der Waals surface area (Å²) in [5.74, 6) is -0.551. The quantitative estimate of drug-likeness (QED) is 0.487. The van der Waals surface area contributed by atoms with E-state index in [0.717, 1.165) is 4.47 Å². The van der Waals surface area contributed by atoms with E-state index in [9.17, 15) is 14.9 Å². The van der Waals surface area contributed by atoms with Crippen LogP contribution in [0.2, 0.25) is 5.02 Å². The van der Waals surface area contributed by atoms with Crippen LogP contribution in [0.1, 0.15) is 10.4 Å². The summed E-state index contributed by atoms with van der Waals surface area (Å²) in [4.78, 5) is 22.5. The number of hydrogen-bond acceptors (Lipinski definition) is 4. The molecule has 0 bridgehead atoms. The number of hydrogen-bond donors (Lipinski definition) is 2. The van der Waals surface area contributed by atoms with Gasteiger partial charge in [0.15, 0.2) is 0 Å². The fourth-order valence-corrected chi connectivity index (χ4v) is 2.25. The molecule has 0 aromatic heterocycles. The molecule has 8 heteroatoms. The lowest BCUT2D eigenvalue weighted by molar-refractivity contribution is -0.383. The van der Waals surface area contributed by atoms with Gasteiger partial charge in [-0.2, -0.15) is 0 Å². The van der Waals surface area contributed by atoms with Gasteiger partial charge >= 0.3 is 0 Å². The molecule has 0 spiro atoms. The number of amides is 1. The summed E-state index contributed by atoms with van der Waals surface area (Å²) in [7, 11) is 0. The van der Waals surface area contributed by atoms with Crippen molar-refractivity contribution in [1.29, 1.82) is 0 Å². The Labute approximate surface area is 133 Å². The Morgan fingerprint density at radius 2 is 2.00 bits per heavy atom. The predicted molar refractivity (Wildman–Crippen MR) is 84.6 cm³/mol. The maximum absolute atomic E-state index is 12.2. The van der Waals surface area contributed by atoms with Gasteiger partial charge in [0.05, 0.1) is 10.5 Å². The van der Waals surface area contributed by atoms with Gasteiger partial charge in [-0.25, -0.2) is 0 Å². The van der Waals surface area contributed by atoms with Crippen molar-refractivity contribution in [3.8, 4) is 0 Å². The SMILES string of the molecule is Nc1cc(Br)ccc1C(=O)Nc1cc(Cl)ccc1[N+](=O)[O-]. The first-order valence-electron chi connectivity index (χ1n) is 5.69. The normalized spacial score (nSPS) is 10.2. The van der Waals surface area contributed by atoms with Crippen molar-refractivity contribution >= 4 is 50.5 Å². The second-order valence-electron chi connectivity index (χ2n) is 4.10. The van der Waals surface area contributed by atoms with Gasteiger partial charge in [0.1, 0.15) is 5.69 Å². The fraction of sp³-hybridized carbons (Fsp3) is 0. The van der Waals surface area contributed by atoms with E-state index >= 15 is 0 Å². The maximum Gasteiger partial charge on any atom is 0.292 e. The Morgan fingerprint density at radius 3 is 2.62 bits per heavy atom. The molecule has 1 amide bonds. The number of nitrogen functional groups attached to an aromatic ring is 1. The summed E-state index contributed by atoms with van der Waals surface area (Å²) in [6.45, 7) is 0. The number of carbonyl (C=O) groups excluding carboxylic acids is 1. The number of nitrogens with one attached hydrogen (secondary N) is 1. The molecule has 0 heterocycles. The molecule has 6 nitrogen and oxygen atoms in total. The van der Waals surface area contributed by atoms with Gasteiger partial charge in [-0.3, -0.25) is 14.9 Å². The predicted octanol–water partition coefficient (Wildman–Crippen LogP) is 3.85. The highest BCUT2D eigenvalue weighted by molar-refractivity contribution is 9.10. The van der Waals surface area contributed by atoms with Gasteiger partial charge in [0, 0.05) is 21.2 Å². The van der Waals surface area contributed by atoms with Gasteiger partial charge in [0.2, 0.25) is 0 Å². The number of halogens is 2. The Morgan fingerprint density at radius 1 is 1.29 bits per heavy atom. The highest BCUT2D eigenvalue weighted by Crippen LogP contribution is 2.28. The van der Waals surface area contributed by atoms with E-state index < -0.39 is 10.8 Å². The van der Waals surface area contributed by atoms with Crippen LogP contribution in [0, 0.1) is 10.1 Å². The minimum absolute atomic E-state index is 0.0137. The van der Waals surface area contributed by atoms with E-state index in [1.165, 1.54) is 24.3 Å². The van der Waals surface area contributed by atoms with E-state index in [4.69, 9.17) is 17.3 Å². The number of nitro groups is 1. The molecule has 21 heavy (non-hydrogen) atoms. The number of benzene rings is 2. The molecular weight excluding hydrogens is 362 g/mol. The van der Waals surface area contributed by atoms with Crippen LogP contribution in [0.5, 0.6) is 0 Å². The van der Waals surface area contributed by atoms with Gasteiger partial charge in [-0.15, -0.1) is 0 Å². The molecule has 0 atom stereocenters. The summed E-state index contributed by atoms with van der Waals surface area (Å²) < 4.78 is 0.727. The molecule has 0 aliphatic heterocycles. The molecule has 0 saturated carbocycles. The zero-order valence-corrected chi connectivity index (χ0v) is 12.8. The Bertz CT molecular complexity index is 737. The van der Waals surface area contributed by atoms with Crippen LogP contribution in [0.3, 0.4) is 0 Å². The molecule has 2 rings (SSSR count). The van der Waals surface area contributed by atoms with Crippen molar-refractivity contribution in [1.82, 2.24) is 0 Å². The highest BCUT2D eigenvalue weighted by Gasteiger charge is 2.18. The second kappa shape index (κ2) is 6.11. The number of nitrogens with zero attached hydrogens (tertiary/aromatic N) is 1. The summed E-state index contributed by atoms with van der Waals surface area (Å²) in [6, 6.07) is 8.66. The lowest BCUT2D eigenvalue weighted by Crippen LogP contribution is -2.15. The molecule has 3 N–H and O–H groups in total.